The highest BCUT2D eigenvalue weighted by molar-refractivity contribution is 7.11. The van der Waals surface area contributed by atoms with Crippen LogP contribution in [0.3, 0.4) is 0 Å². The van der Waals surface area contributed by atoms with Crippen LogP contribution in [0.25, 0.3) is 0 Å². The summed E-state index contributed by atoms with van der Waals surface area (Å²) in [5, 5.41) is 1.21. The van der Waals surface area contributed by atoms with Gasteiger partial charge in [-0.3, -0.25) is 4.90 Å². The van der Waals surface area contributed by atoms with E-state index in [2.05, 4.69) is 42.8 Å². The van der Waals surface area contributed by atoms with Crippen molar-refractivity contribution in [2.24, 2.45) is 0 Å². The molecule has 1 heterocycles. The van der Waals surface area contributed by atoms with Crippen LogP contribution in [0.1, 0.15) is 34.5 Å². The highest BCUT2D eigenvalue weighted by atomic mass is 32.1. The van der Waals surface area contributed by atoms with Crippen molar-refractivity contribution < 1.29 is 0 Å². The summed E-state index contributed by atoms with van der Waals surface area (Å²) < 4.78 is 0. The van der Waals surface area contributed by atoms with E-state index in [0.29, 0.717) is 0 Å². The summed E-state index contributed by atoms with van der Waals surface area (Å²) in [5.41, 5.74) is 9.11. The van der Waals surface area contributed by atoms with Gasteiger partial charge in [0.1, 0.15) is 5.01 Å². The number of aryl methyl sites for hydroxylation is 2. The molecule has 20 heavy (non-hydrogen) atoms. The lowest BCUT2D eigenvalue weighted by molar-refractivity contribution is 0.257. The first kappa shape index (κ1) is 15.0. The van der Waals surface area contributed by atoms with Crippen molar-refractivity contribution in [2.45, 2.75) is 40.3 Å². The molecule has 108 valence electrons. The number of nitrogen functional groups attached to an aromatic ring is 1. The molecule has 0 aliphatic carbocycles. The minimum Gasteiger partial charge on any atom is -0.399 e. The van der Waals surface area contributed by atoms with Crippen LogP contribution in [0.5, 0.6) is 0 Å². The van der Waals surface area contributed by atoms with Crippen molar-refractivity contribution >= 4 is 17.0 Å². The van der Waals surface area contributed by atoms with Gasteiger partial charge in [0.25, 0.3) is 0 Å². The molecule has 0 spiro atoms. The number of thiazole rings is 1. The van der Waals surface area contributed by atoms with Crippen LogP contribution in [0.15, 0.2) is 24.3 Å². The number of anilines is 1. The molecule has 0 amide bonds. The van der Waals surface area contributed by atoms with Crippen LogP contribution in [-0.4, -0.2) is 16.4 Å². The van der Waals surface area contributed by atoms with Gasteiger partial charge < -0.3 is 5.73 Å². The zero-order chi connectivity index (χ0) is 14.5. The molecule has 0 unspecified atom stereocenters. The third-order valence-corrected chi connectivity index (χ3v) is 4.39. The Labute approximate surface area is 125 Å². The van der Waals surface area contributed by atoms with Gasteiger partial charge in [0.15, 0.2) is 0 Å². The standard InChI is InChI=1S/C16H23N3S/c1-4-8-19(10-14-6-5-7-15(17)9-14)11-16-18-12(2)13(3)20-16/h5-7,9H,4,8,10-11,17H2,1-3H3. The summed E-state index contributed by atoms with van der Waals surface area (Å²) in [4.78, 5) is 8.40. The summed E-state index contributed by atoms with van der Waals surface area (Å²) in [5.74, 6) is 0. The van der Waals surface area contributed by atoms with Crippen LogP contribution in [-0.2, 0) is 13.1 Å². The van der Waals surface area contributed by atoms with Gasteiger partial charge in [-0.15, -0.1) is 11.3 Å². The van der Waals surface area contributed by atoms with Gasteiger partial charge in [-0.1, -0.05) is 19.1 Å². The average molecular weight is 289 g/mol. The molecule has 2 aromatic rings. The number of hydrogen-bond acceptors (Lipinski definition) is 4. The Balaban J connectivity index is 2.06. The molecule has 4 heteroatoms. The van der Waals surface area contributed by atoms with Gasteiger partial charge in [0, 0.05) is 17.1 Å². The first-order valence-corrected chi connectivity index (χ1v) is 7.89. The van der Waals surface area contributed by atoms with Crippen LogP contribution >= 0.6 is 11.3 Å². The second-order valence-electron chi connectivity index (χ2n) is 5.20. The van der Waals surface area contributed by atoms with E-state index in [1.54, 1.807) is 11.3 Å². The molecule has 2 rings (SSSR count). The summed E-state index contributed by atoms with van der Waals surface area (Å²) in [6.07, 6.45) is 1.14. The molecule has 0 saturated carbocycles. The summed E-state index contributed by atoms with van der Waals surface area (Å²) in [6.45, 7) is 9.35. The third kappa shape index (κ3) is 4.05. The lowest BCUT2D eigenvalue weighted by Crippen LogP contribution is -2.23. The van der Waals surface area contributed by atoms with Gasteiger partial charge in [-0.25, -0.2) is 4.98 Å². The predicted molar refractivity (Wildman–Crippen MR) is 86.8 cm³/mol. The Kier molecular flexibility index (Phi) is 5.15. The smallest absolute Gasteiger partial charge is 0.107 e. The van der Waals surface area contributed by atoms with E-state index in [1.165, 1.54) is 15.4 Å². The summed E-state index contributed by atoms with van der Waals surface area (Å²) in [6, 6.07) is 8.14. The molecule has 0 bridgehead atoms. The Bertz CT molecular complexity index is 543. The first-order valence-electron chi connectivity index (χ1n) is 7.08. The van der Waals surface area contributed by atoms with Crippen molar-refractivity contribution in [1.82, 2.24) is 9.88 Å². The quantitative estimate of drug-likeness (QED) is 0.823. The molecule has 0 aliphatic rings. The number of nitrogens with zero attached hydrogens (tertiary/aromatic N) is 2. The van der Waals surface area contributed by atoms with E-state index in [-0.39, 0.29) is 0 Å². The minimum absolute atomic E-state index is 0.833. The van der Waals surface area contributed by atoms with Crippen molar-refractivity contribution in [3.8, 4) is 0 Å². The van der Waals surface area contributed by atoms with E-state index in [0.717, 1.165) is 37.4 Å². The van der Waals surface area contributed by atoms with Gasteiger partial charge >= 0.3 is 0 Å². The van der Waals surface area contributed by atoms with E-state index >= 15 is 0 Å². The number of rotatable bonds is 6. The molecule has 2 N–H and O–H groups in total. The van der Waals surface area contributed by atoms with Crippen LogP contribution in [0.4, 0.5) is 5.69 Å². The molecule has 0 saturated heterocycles. The fraction of sp³-hybridized carbons (Fsp3) is 0.438. The van der Waals surface area contributed by atoms with Crippen LogP contribution in [0, 0.1) is 13.8 Å². The molecule has 0 aliphatic heterocycles. The molecule has 0 atom stereocenters. The average Bonchev–Trinajstić information content (AvgIpc) is 2.68. The monoisotopic (exact) mass is 289 g/mol. The molecular weight excluding hydrogens is 266 g/mol. The minimum atomic E-state index is 0.833. The van der Waals surface area contributed by atoms with Gasteiger partial charge in [0.2, 0.25) is 0 Å². The van der Waals surface area contributed by atoms with Crippen molar-refractivity contribution in [3.63, 3.8) is 0 Å². The Hall–Kier alpha value is -1.39. The molecule has 0 fully saturated rings. The van der Waals surface area contributed by atoms with Crippen LogP contribution < -0.4 is 5.73 Å². The number of hydrogen-bond donors (Lipinski definition) is 1. The van der Waals surface area contributed by atoms with Gasteiger partial charge in [-0.05, 0) is 44.5 Å². The maximum absolute atomic E-state index is 5.86. The molecule has 1 aromatic heterocycles. The lowest BCUT2D eigenvalue weighted by atomic mass is 10.2. The fourth-order valence-electron chi connectivity index (χ4n) is 2.28. The highest BCUT2D eigenvalue weighted by Gasteiger charge is 2.10. The number of nitrogens with two attached hydrogens (primary N) is 1. The second kappa shape index (κ2) is 6.86. The van der Waals surface area contributed by atoms with E-state index in [4.69, 9.17) is 5.73 Å². The molecule has 0 radical (unpaired) electrons. The third-order valence-electron chi connectivity index (χ3n) is 3.33. The normalized spacial score (nSPS) is 11.2. The van der Waals surface area contributed by atoms with Crippen LogP contribution in [0.2, 0.25) is 0 Å². The van der Waals surface area contributed by atoms with Crippen molar-refractivity contribution in [3.05, 3.63) is 45.4 Å². The van der Waals surface area contributed by atoms with E-state index in [9.17, 15) is 0 Å². The maximum Gasteiger partial charge on any atom is 0.107 e. The Morgan fingerprint density at radius 2 is 2.05 bits per heavy atom. The highest BCUT2D eigenvalue weighted by Crippen LogP contribution is 2.19. The van der Waals surface area contributed by atoms with Crippen molar-refractivity contribution in [1.29, 1.82) is 0 Å². The molecular formula is C16H23N3S. The topological polar surface area (TPSA) is 42.1 Å². The largest absolute Gasteiger partial charge is 0.399 e. The SMILES string of the molecule is CCCN(Cc1cccc(N)c1)Cc1nc(C)c(C)s1. The van der Waals surface area contributed by atoms with Crippen molar-refractivity contribution in [2.75, 3.05) is 12.3 Å². The lowest BCUT2D eigenvalue weighted by Gasteiger charge is -2.20. The number of benzene rings is 1. The van der Waals surface area contributed by atoms with E-state index in [1.807, 2.05) is 12.1 Å². The van der Waals surface area contributed by atoms with Gasteiger partial charge in [0.05, 0.1) is 12.2 Å². The zero-order valence-corrected chi connectivity index (χ0v) is 13.3. The predicted octanol–water partition coefficient (Wildman–Crippen LogP) is 3.75. The second-order valence-corrected chi connectivity index (χ2v) is 6.49. The maximum atomic E-state index is 5.86. The van der Waals surface area contributed by atoms with Gasteiger partial charge in [-0.2, -0.15) is 0 Å². The summed E-state index contributed by atoms with van der Waals surface area (Å²) >= 11 is 1.80. The van der Waals surface area contributed by atoms with E-state index < -0.39 is 0 Å². The Morgan fingerprint density at radius 1 is 1.25 bits per heavy atom. The zero-order valence-electron chi connectivity index (χ0n) is 12.5. The molecule has 1 aromatic carbocycles. The number of aromatic nitrogens is 1. The first-order chi connectivity index (χ1) is 9.58. The fourth-order valence-corrected chi connectivity index (χ4v) is 3.25. The Morgan fingerprint density at radius 3 is 2.65 bits per heavy atom. The summed E-state index contributed by atoms with van der Waals surface area (Å²) in [7, 11) is 0. The molecule has 3 nitrogen and oxygen atoms in total.